The van der Waals surface area contributed by atoms with Crippen molar-refractivity contribution in [3.63, 3.8) is 0 Å². The van der Waals surface area contributed by atoms with Gasteiger partial charge in [-0.3, -0.25) is 0 Å². The lowest BCUT2D eigenvalue weighted by Gasteiger charge is -2.27. The van der Waals surface area contributed by atoms with Crippen LogP contribution in [-0.4, -0.2) is 18.6 Å². The Balaban J connectivity index is 2.22. The highest BCUT2D eigenvalue weighted by atomic mass is 16.2. The minimum absolute atomic E-state index is 0.271. The van der Waals surface area contributed by atoms with E-state index in [2.05, 4.69) is 22.7 Å². The summed E-state index contributed by atoms with van der Waals surface area (Å²) in [6.45, 7) is 2.71. The van der Waals surface area contributed by atoms with E-state index in [-0.39, 0.29) is 6.04 Å². The van der Waals surface area contributed by atoms with Gasteiger partial charge < -0.3 is 15.6 Å². The van der Waals surface area contributed by atoms with E-state index in [0.29, 0.717) is 0 Å². The van der Waals surface area contributed by atoms with Gasteiger partial charge in [-0.2, -0.15) is 0 Å². The highest BCUT2D eigenvalue weighted by Gasteiger charge is 2.20. The lowest BCUT2D eigenvalue weighted by molar-refractivity contribution is 0.507. The van der Waals surface area contributed by atoms with Crippen molar-refractivity contribution in [3.05, 3.63) is 29.8 Å². The second-order valence-electron chi connectivity index (χ2n) is 3.70. The van der Waals surface area contributed by atoms with Crippen molar-refractivity contribution in [1.82, 2.24) is 5.23 Å². The molecule has 0 spiro atoms. The van der Waals surface area contributed by atoms with Crippen LogP contribution in [0.4, 0.5) is 5.69 Å². The van der Waals surface area contributed by atoms with Gasteiger partial charge in [-0.05, 0) is 24.9 Å². The van der Waals surface area contributed by atoms with Gasteiger partial charge in [-0.25, -0.2) is 0 Å². The van der Waals surface area contributed by atoms with Gasteiger partial charge in [-0.1, -0.05) is 18.2 Å². The maximum Gasteiger partial charge on any atom is 0.374 e. The van der Waals surface area contributed by atoms with Crippen molar-refractivity contribution in [2.24, 2.45) is 0 Å². The zero-order valence-corrected chi connectivity index (χ0v) is 8.33. The third kappa shape index (κ3) is 1.91. The molecule has 14 heavy (non-hydrogen) atoms. The number of nitrogens with one attached hydrogen (secondary N) is 2. The average molecular weight is 190 g/mol. The van der Waals surface area contributed by atoms with Crippen LogP contribution in [0.15, 0.2) is 24.3 Å². The summed E-state index contributed by atoms with van der Waals surface area (Å²) < 4.78 is 0. The van der Waals surface area contributed by atoms with Gasteiger partial charge in [-0.15, -0.1) is 0 Å². The Morgan fingerprint density at radius 2 is 2.29 bits per heavy atom. The fourth-order valence-corrected chi connectivity index (χ4v) is 1.93. The molecular weight excluding hydrogens is 175 g/mol. The van der Waals surface area contributed by atoms with Crippen molar-refractivity contribution in [1.29, 1.82) is 0 Å². The van der Waals surface area contributed by atoms with E-state index in [9.17, 15) is 5.02 Å². The van der Waals surface area contributed by atoms with Gasteiger partial charge in [0.05, 0.1) is 0 Å². The number of benzene rings is 1. The molecule has 3 N–H and O–H groups in total. The van der Waals surface area contributed by atoms with Crippen molar-refractivity contribution in [3.8, 4) is 0 Å². The molecule has 74 valence electrons. The molecule has 2 rings (SSSR count). The normalized spacial score (nSPS) is 19.7. The molecule has 0 saturated carbocycles. The van der Waals surface area contributed by atoms with Gasteiger partial charge in [0.2, 0.25) is 0 Å². The van der Waals surface area contributed by atoms with E-state index in [4.69, 9.17) is 0 Å². The molecule has 4 heteroatoms. The lowest BCUT2D eigenvalue weighted by atomic mass is 9.84. The highest BCUT2D eigenvalue weighted by Crippen LogP contribution is 2.29. The molecule has 1 heterocycles. The molecule has 0 radical (unpaired) electrons. The highest BCUT2D eigenvalue weighted by molar-refractivity contribution is 6.45. The summed E-state index contributed by atoms with van der Waals surface area (Å²) in [5.41, 5.74) is 2.43. The minimum Gasteiger partial charge on any atom is -0.437 e. The average Bonchev–Trinajstić information content (AvgIpc) is 2.18. The molecule has 0 amide bonds. The largest absolute Gasteiger partial charge is 0.437 e. The number of hydrogen-bond donors (Lipinski definition) is 3. The Hall–Kier alpha value is -0.995. The molecule has 1 aliphatic heterocycles. The molecule has 1 aromatic rings. The molecule has 0 aromatic heterocycles. The Bertz CT molecular complexity index is 317. The summed E-state index contributed by atoms with van der Waals surface area (Å²) in [4.78, 5) is 0. The molecule has 1 aromatic carbocycles. The summed E-state index contributed by atoms with van der Waals surface area (Å²) in [6, 6.07) is 8.50. The summed E-state index contributed by atoms with van der Waals surface area (Å²) >= 11 is 0. The van der Waals surface area contributed by atoms with Crippen molar-refractivity contribution >= 4 is 12.7 Å². The summed E-state index contributed by atoms with van der Waals surface area (Å²) in [6.07, 6.45) is 1.02. The van der Waals surface area contributed by atoms with Crippen LogP contribution in [0.25, 0.3) is 0 Å². The first-order valence-electron chi connectivity index (χ1n) is 5.04. The van der Waals surface area contributed by atoms with Crippen LogP contribution in [0.5, 0.6) is 0 Å². The van der Waals surface area contributed by atoms with E-state index in [1.165, 1.54) is 11.3 Å². The summed E-state index contributed by atoms with van der Waals surface area (Å²) in [5, 5.41) is 15.8. The SMILES string of the molecule is CB(O)NC1CCNc2ccccc21. The fourth-order valence-electron chi connectivity index (χ4n) is 1.93. The Morgan fingerprint density at radius 1 is 1.50 bits per heavy atom. The second-order valence-corrected chi connectivity index (χ2v) is 3.70. The fraction of sp³-hybridized carbons (Fsp3) is 0.400. The number of rotatable bonds is 2. The van der Waals surface area contributed by atoms with Crippen LogP contribution in [0.2, 0.25) is 6.82 Å². The standard InChI is InChI=1S/C10H15BN2O/c1-11(14)13-10-6-7-12-9-5-3-2-4-8(9)10/h2-5,10,12-14H,6-7H2,1H3. The van der Waals surface area contributed by atoms with E-state index < -0.39 is 7.05 Å². The number of hydrogen-bond acceptors (Lipinski definition) is 3. The van der Waals surface area contributed by atoms with Crippen LogP contribution in [0.1, 0.15) is 18.0 Å². The van der Waals surface area contributed by atoms with Gasteiger partial charge in [0.15, 0.2) is 0 Å². The zero-order chi connectivity index (χ0) is 9.97. The third-order valence-electron chi connectivity index (χ3n) is 2.53. The monoisotopic (exact) mass is 190 g/mol. The predicted octanol–water partition coefficient (Wildman–Crippen LogP) is 1.24. The molecular formula is C10H15BN2O. The third-order valence-corrected chi connectivity index (χ3v) is 2.53. The van der Waals surface area contributed by atoms with Crippen molar-refractivity contribution < 1.29 is 5.02 Å². The molecule has 3 nitrogen and oxygen atoms in total. The van der Waals surface area contributed by atoms with Crippen molar-refractivity contribution in [2.75, 3.05) is 11.9 Å². The van der Waals surface area contributed by atoms with E-state index in [1.54, 1.807) is 6.82 Å². The molecule has 0 aliphatic carbocycles. The van der Waals surface area contributed by atoms with Crippen LogP contribution in [0, 0.1) is 0 Å². The quantitative estimate of drug-likeness (QED) is 0.614. The topological polar surface area (TPSA) is 44.3 Å². The number of anilines is 1. The first kappa shape index (κ1) is 9.56. The molecule has 0 bridgehead atoms. The van der Waals surface area contributed by atoms with Gasteiger partial charge >= 0.3 is 7.05 Å². The van der Waals surface area contributed by atoms with E-state index in [1.807, 2.05) is 12.1 Å². The van der Waals surface area contributed by atoms with Crippen molar-refractivity contribution in [2.45, 2.75) is 19.3 Å². The zero-order valence-electron chi connectivity index (χ0n) is 8.33. The minimum atomic E-state index is -0.453. The maximum absolute atomic E-state index is 9.30. The van der Waals surface area contributed by atoms with Crippen LogP contribution >= 0.6 is 0 Å². The molecule has 1 unspecified atom stereocenters. The molecule has 0 saturated heterocycles. The van der Waals surface area contributed by atoms with E-state index >= 15 is 0 Å². The second kappa shape index (κ2) is 4.03. The molecule has 1 aliphatic rings. The summed E-state index contributed by atoms with van der Waals surface area (Å²) in [7, 11) is -0.453. The molecule has 0 fully saturated rings. The number of fused-ring (bicyclic) bond motifs is 1. The van der Waals surface area contributed by atoms with Crippen LogP contribution < -0.4 is 10.5 Å². The van der Waals surface area contributed by atoms with Gasteiger partial charge in [0, 0.05) is 18.3 Å². The van der Waals surface area contributed by atoms with Gasteiger partial charge in [0.1, 0.15) is 0 Å². The Labute approximate surface area is 84.7 Å². The Kier molecular flexibility index (Phi) is 2.75. The Morgan fingerprint density at radius 3 is 3.07 bits per heavy atom. The smallest absolute Gasteiger partial charge is 0.374 e. The first-order valence-corrected chi connectivity index (χ1v) is 5.04. The maximum atomic E-state index is 9.30. The number of para-hydroxylation sites is 1. The predicted molar refractivity (Wildman–Crippen MR) is 59.3 cm³/mol. The van der Waals surface area contributed by atoms with Gasteiger partial charge in [0.25, 0.3) is 0 Å². The molecule has 1 atom stereocenters. The lowest BCUT2D eigenvalue weighted by Crippen LogP contribution is -2.37. The first-order chi connectivity index (χ1) is 6.77. The van der Waals surface area contributed by atoms with E-state index in [0.717, 1.165) is 13.0 Å². The van der Waals surface area contributed by atoms with Crippen LogP contribution in [-0.2, 0) is 0 Å². The van der Waals surface area contributed by atoms with Crippen LogP contribution in [0.3, 0.4) is 0 Å². The summed E-state index contributed by atoms with van der Waals surface area (Å²) in [5.74, 6) is 0.